The van der Waals surface area contributed by atoms with Gasteiger partial charge in [-0.1, -0.05) is 18.2 Å². The molecule has 1 aromatic rings. The number of nitrogens with zero attached hydrogens (tertiary/aromatic N) is 1. The van der Waals surface area contributed by atoms with Crippen LogP contribution in [0.1, 0.15) is 25.7 Å². The molecule has 0 N–H and O–H groups in total. The van der Waals surface area contributed by atoms with Gasteiger partial charge in [-0.15, -0.1) is 0 Å². The summed E-state index contributed by atoms with van der Waals surface area (Å²) in [6, 6.07) is 6.68. The molecule has 23 heavy (non-hydrogen) atoms. The van der Waals surface area contributed by atoms with Crippen LogP contribution in [-0.2, 0) is 0 Å². The lowest BCUT2D eigenvalue weighted by Crippen LogP contribution is -2.13. The molecule has 3 nitrogen and oxygen atoms in total. The number of hydrogen-bond donors (Lipinski definition) is 0. The number of likely N-dealkylation sites (tertiary alicyclic amines) is 1. The molecule has 0 saturated carbocycles. The minimum Gasteiger partial charge on any atom is -0.493 e. The van der Waals surface area contributed by atoms with Crippen molar-refractivity contribution < 1.29 is 18.3 Å². The second-order valence-corrected chi connectivity index (χ2v) is 5.82. The zero-order chi connectivity index (χ0) is 16.7. The third kappa shape index (κ3) is 5.12. The summed E-state index contributed by atoms with van der Waals surface area (Å²) in [5, 5.41) is 0. The molecule has 1 atom stereocenters. The SMILES string of the molecule is CN1CCC2CCCC=C21.COc1ccccc1OCC(F)F. The highest BCUT2D eigenvalue weighted by Gasteiger charge is 2.26. The summed E-state index contributed by atoms with van der Waals surface area (Å²) in [7, 11) is 3.68. The number of hydrogen-bond acceptors (Lipinski definition) is 3. The molecule has 0 radical (unpaired) electrons. The standard InChI is InChI=1S/C9H10F2O2.C9H15N/c1-12-7-4-2-3-5-8(7)13-6-9(10)11;1-10-7-6-8-4-2-3-5-9(8)10/h2-5,9H,6H2,1H3;5,8H,2-4,6-7H2,1H3. The Balaban J connectivity index is 0.000000172. The third-order valence-corrected chi connectivity index (χ3v) is 4.22. The molecule has 1 saturated heterocycles. The fourth-order valence-corrected chi connectivity index (χ4v) is 3.06. The van der Waals surface area contributed by atoms with Crippen LogP contribution in [0.4, 0.5) is 8.78 Å². The van der Waals surface area contributed by atoms with Crippen molar-refractivity contribution in [2.75, 3.05) is 27.3 Å². The van der Waals surface area contributed by atoms with Crippen LogP contribution in [0.2, 0.25) is 0 Å². The molecule has 5 heteroatoms. The van der Waals surface area contributed by atoms with Gasteiger partial charge in [-0.2, -0.15) is 0 Å². The van der Waals surface area contributed by atoms with E-state index in [1.807, 2.05) is 0 Å². The summed E-state index contributed by atoms with van der Waals surface area (Å²) in [6.45, 7) is 0.677. The molecule has 1 heterocycles. The molecule has 1 fully saturated rings. The van der Waals surface area contributed by atoms with E-state index in [9.17, 15) is 8.78 Å². The number of methoxy groups -OCH3 is 1. The first-order chi connectivity index (χ1) is 11.1. The van der Waals surface area contributed by atoms with E-state index in [1.54, 1.807) is 30.0 Å². The monoisotopic (exact) mass is 325 g/mol. The predicted octanol–water partition coefficient (Wildman–Crippen LogP) is 4.35. The van der Waals surface area contributed by atoms with Crippen LogP contribution in [0, 0.1) is 5.92 Å². The highest BCUT2D eigenvalue weighted by atomic mass is 19.3. The van der Waals surface area contributed by atoms with E-state index in [1.165, 1.54) is 39.3 Å². The average Bonchev–Trinajstić information content (AvgIpc) is 2.95. The Bertz CT molecular complexity index is 519. The molecular formula is C18H25F2NO2. The van der Waals surface area contributed by atoms with Crippen molar-refractivity contribution in [2.45, 2.75) is 32.1 Å². The minimum absolute atomic E-state index is 0.338. The quantitative estimate of drug-likeness (QED) is 0.822. The first kappa shape index (κ1) is 17.6. The van der Waals surface area contributed by atoms with Crippen LogP contribution in [0.25, 0.3) is 0 Å². The van der Waals surface area contributed by atoms with Gasteiger partial charge in [-0.3, -0.25) is 0 Å². The maximum absolute atomic E-state index is 11.8. The van der Waals surface area contributed by atoms with Crippen molar-refractivity contribution in [1.29, 1.82) is 0 Å². The van der Waals surface area contributed by atoms with E-state index in [-0.39, 0.29) is 0 Å². The summed E-state index contributed by atoms with van der Waals surface area (Å²) in [6.07, 6.45) is 5.54. The van der Waals surface area contributed by atoms with Gasteiger partial charge in [0.1, 0.15) is 6.61 Å². The number of ether oxygens (including phenoxy) is 2. The summed E-state index contributed by atoms with van der Waals surface area (Å²) in [4.78, 5) is 2.42. The van der Waals surface area contributed by atoms with Crippen LogP contribution in [-0.4, -0.2) is 38.6 Å². The Kier molecular flexibility index (Phi) is 6.68. The van der Waals surface area contributed by atoms with Crippen LogP contribution < -0.4 is 9.47 Å². The number of halogens is 2. The highest BCUT2D eigenvalue weighted by Crippen LogP contribution is 2.34. The zero-order valence-corrected chi connectivity index (χ0v) is 13.8. The number of para-hydroxylation sites is 2. The first-order valence-corrected chi connectivity index (χ1v) is 8.07. The number of benzene rings is 1. The van der Waals surface area contributed by atoms with E-state index in [0.29, 0.717) is 11.5 Å². The van der Waals surface area contributed by atoms with E-state index in [4.69, 9.17) is 9.47 Å². The highest BCUT2D eigenvalue weighted by molar-refractivity contribution is 5.39. The molecular weight excluding hydrogens is 300 g/mol. The Hall–Kier alpha value is -1.78. The lowest BCUT2D eigenvalue weighted by atomic mass is 9.93. The van der Waals surface area contributed by atoms with Crippen molar-refractivity contribution in [3.05, 3.63) is 36.0 Å². The number of rotatable bonds is 4. The molecule has 1 aliphatic heterocycles. The van der Waals surface area contributed by atoms with Crippen molar-refractivity contribution >= 4 is 0 Å². The van der Waals surface area contributed by atoms with Gasteiger partial charge in [-0.25, -0.2) is 8.78 Å². The molecule has 0 spiro atoms. The van der Waals surface area contributed by atoms with Crippen molar-refractivity contribution in [3.8, 4) is 11.5 Å². The smallest absolute Gasteiger partial charge is 0.272 e. The van der Waals surface area contributed by atoms with Crippen LogP contribution in [0.15, 0.2) is 36.0 Å². The predicted molar refractivity (Wildman–Crippen MR) is 87.2 cm³/mol. The van der Waals surface area contributed by atoms with Crippen molar-refractivity contribution in [1.82, 2.24) is 4.90 Å². The van der Waals surface area contributed by atoms with Gasteiger partial charge in [-0.05, 0) is 37.8 Å². The topological polar surface area (TPSA) is 21.7 Å². The lowest BCUT2D eigenvalue weighted by Gasteiger charge is -2.20. The van der Waals surface area contributed by atoms with E-state index >= 15 is 0 Å². The zero-order valence-electron chi connectivity index (χ0n) is 13.8. The molecule has 0 aromatic heterocycles. The van der Waals surface area contributed by atoms with Gasteiger partial charge >= 0.3 is 0 Å². The first-order valence-electron chi connectivity index (χ1n) is 8.07. The van der Waals surface area contributed by atoms with Gasteiger partial charge in [0.15, 0.2) is 11.5 Å². The van der Waals surface area contributed by atoms with Crippen molar-refractivity contribution in [3.63, 3.8) is 0 Å². The molecule has 1 aliphatic carbocycles. The van der Waals surface area contributed by atoms with E-state index in [2.05, 4.69) is 18.0 Å². The molecule has 0 amide bonds. The van der Waals surface area contributed by atoms with E-state index < -0.39 is 13.0 Å². The normalized spacial score (nSPS) is 19.6. The van der Waals surface area contributed by atoms with Crippen molar-refractivity contribution in [2.24, 2.45) is 5.92 Å². The second kappa shape index (κ2) is 8.75. The number of alkyl halides is 2. The Morgan fingerprint density at radius 1 is 1.22 bits per heavy atom. The molecule has 1 unspecified atom stereocenters. The van der Waals surface area contributed by atoms with Gasteiger partial charge < -0.3 is 14.4 Å². The summed E-state index contributed by atoms with van der Waals surface area (Å²) in [5.74, 6) is 1.73. The summed E-state index contributed by atoms with van der Waals surface area (Å²) >= 11 is 0. The molecule has 3 rings (SSSR count). The fraction of sp³-hybridized carbons (Fsp3) is 0.556. The Morgan fingerprint density at radius 3 is 2.61 bits per heavy atom. The molecule has 2 aliphatic rings. The van der Waals surface area contributed by atoms with Crippen LogP contribution >= 0.6 is 0 Å². The average molecular weight is 325 g/mol. The van der Waals surface area contributed by atoms with Gasteiger partial charge in [0.25, 0.3) is 6.43 Å². The van der Waals surface area contributed by atoms with Gasteiger partial charge in [0, 0.05) is 25.2 Å². The second-order valence-electron chi connectivity index (χ2n) is 5.82. The van der Waals surface area contributed by atoms with Crippen LogP contribution in [0.5, 0.6) is 11.5 Å². The summed E-state index contributed by atoms with van der Waals surface area (Å²) in [5.41, 5.74) is 1.63. The minimum atomic E-state index is -2.47. The third-order valence-electron chi connectivity index (χ3n) is 4.22. The largest absolute Gasteiger partial charge is 0.493 e. The molecule has 0 bridgehead atoms. The molecule has 1 aromatic carbocycles. The lowest BCUT2D eigenvalue weighted by molar-refractivity contribution is 0.0804. The Morgan fingerprint density at radius 2 is 1.96 bits per heavy atom. The fourth-order valence-electron chi connectivity index (χ4n) is 3.06. The number of fused-ring (bicyclic) bond motifs is 1. The maximum Gasteiger partial charge on any atom is 0.272 e. The number of allylic oxidation sites excluding steroid dienone is 2. The molecule has 128 valence electrons. The maximum atomic E-state index is 11.8. The van der Waals surface area contributed by atoms with Gasteiger partial charge in [0.05, 0.1) is 7.11 Å². The van der Waals surface area contributed by atoms with E-state index in [0.717, 1.165) is 5.92 Å². The summed E-state index contributed by atoms with van der Waals surface area (Å²) < 4.78 is 33.3. The Labute approximate surface area is 136 Å². The van der Waals surface area contributed by atoms with Crippen LogP contribution in [0.3, 0.4) is 0 Å². The van der Waals surface area contributed by atoms with Gasteiger partial charge in [0.2, 0.25) is 0 Å².